The topological polar surface area (TPSA) is 65.2 Å². The van der Waals surface area contributed by atoms with E-state index in [4.69, 9.17) is 23.2 Å². The molecule has 3 rings (SSSR count). The summed E-state index contributed by atoms with van der Waals surface area (Å²) in [7, 11) is 0. The summed E-state index contributed by atoms with van der Waals surface area (Å²) in [5.74, 6) is 0. The van der Waals surface area contributed by atoms with Crippen LogP contribution in [0.4, 0.5) is 10.5 Å². The van der Waals surface area contributed by atoms with Gasteiger partial charge in [-0.1, -0.05) is 23.2 Å². The van der Waals surface area contributed by atoms with Crippen LogP contribution in [0, 0.1) is 0 Å². The zero-order chi connectivity index (χ0) is 15.7. The number of carbonyl (C=O) groups is 1. The van der Waals surface area contributed by atoms with Crippen LogP contribution in [0.1, 0.15) is 11.1 Å². The van der Waals surface area contributed by atoms with Crippen LogP contribution in [-0.4, -0.2) is 22.5 Å². The van der Waals surface area contributed by atoms with E-state index in [-0.39, 0.29) is 11.6 Å². The summed E-state index contributed by atoms with van der Waals surface area (Å²) in [6.45, 7) is 0.999. The van der Waals surface area contributed by atoms with Gasteiger partial charge in [0.2, 0.25) is 5.56 Å². The first-order valence-electron chi connectivity index (χ1n) is 6.74. The molecule has 0 unspecified atom stereocenters. The lowest BCUT2D eigenvalue weighted by molar-refractivity contribution is 0.206. The lowest BCUT2D eigenvalue weighted by Gasteiger charge is -2.28. The van der Waals surface area contributed by atoms with Gasteiger partial charge < -0.3 is 15.2 Å². The molecule has 1 aromatic carbocycles. The van der Waals surface area contributed by atoms with E-state index in [1.807, 2.05) is 0 Å². The summed E-state index contributed by atoms with van der Waals surface area (Å²) in [5.41, 5.74) is 2.36. The average Bonchev–Trinajstić information content (AvgIpc) is 2.50. The number of aromatic nitrogens is 1. The minimum Gasteiger partial charge on any atom is -0.329 e. The van der Waals surface area contributed by atoms with Crippen molar-refractivity contribution in [2.24, 2.45) is 0 Å². The first-order chi connectivity index (χ1) is 10.5. The van der Waals surface area contributed by atoms with Gasteiger partial charge in [-0.25, -0.2) is 4.79 Å². The fourth-order valence-corrected chi connectivity index (χ4v) is 2.71. The molecule has 1 aromatic heterocycles. The number of nitrogens with zero attached hydrogens (tertiary/aromatic N) is 1. The monoisotopic (exact) mass is 337 g/mol. The minimum atomic E-state index is -0.232. The molecule has 0 atom stereocenters. The van der Waals surface area contributed by atoms with Crippen molar-refractivity contribution in [1.29, 1.82) is 0 Å². The summed E-state index contributed by atoms with van der Waals surface area (Å²) in [4.78, 5) is 28.0. The molecule has 0 saturated heterocycles. The molecule has 1 aliphatic rings. The van der Waals surface area contributed by atoms with Gasteiger partial charge in [0.15, 0.2) is 0 Å². The van der Waals surface area contributed by atoms with Crippen LogP contribution in [0.2, 0.25) is 10.0 Å². The molecule has 7 heteroatoms. The lowest BCUT2D eigenvalue weighted by Crippen LogP contribution is -2.39. The van der Waals surface area contributed by atoms with Crippen LogP contribution in [0.25, 0.3) is 0 Å². The molecule has 0 aliphatic carbocycles. The number of rotatable bonds is 1. The van der Waals surface area contributed by atoms with E-state index in [0.29, 0.717) is 35.2 Å². The molecule has 0 radical (unpaired) electrons. The Morgan fingerprint density at radius 3 is 2.77 bits per heavy atom. The van der Waals surface area contributed by atoms with Gasteiger partial charge in [0, 0.05) is 31.0 Å². The van der Waals surface area contributed by atoms with Crippen LogP contribution >= 0.6 is 23.2 Å². The maximum absolute atomic E-state index is 12.3. The van der Waals surface area contributed by atoms with Crippen molar-refractivity contribution in [3.05, 3.63) is 62.0 Å². The third-order valence-corrected chi connectivity index (χ3v) is 4.32. The second kappa shape index (κ2) is 6.02. The maximum Gasteiger partial charge on any atom is 0.322 e. The number of hydrogen-bond acceptors (Lipinski definition) is 2. The number of nitrogens with one attached hydrogen (secondary N) is 2. The Hall–Kier alpha value is -1.98. The van der Waals surface area contributed by atoms with Crippen LogP contribution in [0.3, 0.4) is 0 Å². The molecule has 1 aliphatic heterocycles. The highest BCUT2D eigenvalue weighted by Gasteiger charge is 2.21. The molecule has 2 heterocycles. The van der Waals surface area contributed by atoms with Gasteiger partial charge in [0.1, 0.15) is 0 Å². The Bertz CT molecular complexity index is 789. The van der Waals surface area contributed by atoms with E-state index in [9.17, 15) is 9.59 Å². The second-order valence-corrected chi connectivity index (χ2v) is 5.89. The Morgan fingerprint density at radius 2 is 2.00 bits per heavy atom. The van der Waals surface area contributed by atoms with Gasteiger partial charge in [-0.15, -0.1) is 0 Å². The van der Waals surface area contributed by atoms with Crippen molar-refractivity contribution in [2.45, 2.75) is 13.0 Å². The highest BCUT2D eigenvalue weighted by molar-refractivity contribution is 6.42. The van der Waals surface area contributed by atoms with Crippen molar-refractivity contribution in [3.8, 4) is 0 Å². The smallest absolute Gasteiger partial charge is 0.322 e. The molecule has 5 nitrogen and oxygen atoms in total. The van der Waals surface area contributed by atoms with Crippen LogP contribution in [0.5, 0.6) is 0 Å². The summed E-state index contributed by atoms with van der Waals surface area (Å²) < 4.78 is 0. The fraction of sp³-hybridized carbons (Fsp3) is 0.200. The van der Waals surface area contributed by atoms with Gasteiger partial charge in [0.05, 0.1) is 10.0 Å². The molecular weight excluding hydrogens is 325 g/mol. The molecule has 2 N–H and O–H groups in total. The molecule has 0 fully saturated rings. The highest BCUT2D eigenvalue weighted by atomic mass is 35.5. The van der Waals surface area contributed by atoms with E-state index in [2.05, 4.69) is 10.3 Å². The largest absolute Gasteiger partial charge is 0.329 e. The zero-order valence-electron chi connectivity index (χ0n) is 11.5. The van der Waals surface area contributed by atoms with E-state index < -0.39 is 0 Å². The number of aromatic amines is 1. The Balaban J connectivity index is 1.73. The average molecular weight is 338 g/mol. The van der Waals surface area contributed by atoms with Crippen molar-refractivity contribution >= 4 is 34.9 Å². The highest BCUT2D eigenvalue weighted by Crippen LogP contribution is 2.25. The van der Waals surface area contributed by atoms with Gasteiger partial charge in [-0.3, -0.25) is 4.79 Å². The predicted octanol–water partition coefficient (Wildman–Crippen LogP) is 3.27. The number of anilines is 1. The van der Waals surface area contributed by atoms with Crippen LogP contribution in [0.15, 0.2) is 35.3 Å². The fourth-order valence-electron chi connectivity index (χ4n) is 2.41. The van der Waals surface area contributed by atoms with Crippen LogP contribution in [-0.2, 0) is 13.0 Å². The molecule has 0 saturated carbocycles. The van der Waals surface area contributed by atoms with Gasteiger partial charge in [0.25, 0.3) is 0 Å². The minimum absolute atomic E-state index is 0.162. The summed E-state index contributed by atoms with van der Waals surface area (Å²) in [6.07, 6.45) is 2.42. The predicted molar refractivity (Wildman–Crippen MR) is 86.7 cm³/mol. The Labute approximate surface area is 136 Å². The van der Waals surface area contributed by atoms with Crippen LogP contribution < -0.4 is 10.9 Å². The third-order valence-electron chi connectivity index (χ3n) is 3.58. The molecule has 0 bridgehead atoms. The standard InChI is InChI=1S/C15H13Cl2N3O2/c16-12-2-1-11(6-13(12)17)19-15(22)20-4-3-9-7-18-14(21)5-10(9)8-20/h1-2,5-7H,3-4,8H2,(H,18,21)(H,19,22). The van der Waals surface area contributed by atoms with Gasteiger partial charge >= 0.3 is 6.03 Å². The molecule has 0 spiro atoms. The summed E-state index contributed by atoms with van der Waals surface area (Å²) in [5, 5.41) is 3.60. The quantitative estimate of drug-likeness (QED) is 0.838. The SMILES string of the molecule is O=C(Nc1ccc(Cl)c(Cl)c1)N1CCc2c[nH]c(=O)cc2C1. The van der Waals surface area contributed by atoms with Crippen molar-refractivity contribution in [1.82, 2.24) is 9.88 Å². The number of fused-ring (bicyclic) bond motifs is 1. The van der Waals surface area contributed by atoms with Crippen molar-refractivity contribution < 1.29 is 4.79 Å². The Kier molecular flexibility index (Phi) is 4.09. The normalized spacial score (nSPS) is 13.6. The summed E-state index contributed by atoms with van der Waals surface area (Å²) >= 11 is 11.8. The molecule has 114 valence electrons. The number of halogens is 2. The molecule has 2 aromatic rings. The van der Waals surface area contributed by atoms with E-state index in [1.165, 1.54) is 6.07 Å². The number of carbonyl (C=O) groups excluding carboxylic acids is 1. The van der Waals surface area contributed by atoms with Crippen molar-refractivity contribution in [2.75, 3.05) is 11.9 Å². The van der Waals surface area contributed by atoms with E-state index in [0.717, 1.165) is 11.1 Å². The maximum atomic E-state index is 12.3. The molecule has 2 amide bonds. The number of benzene rings is 1. The number of pyridine rings is 1. The molecular formula is C15H13Cl2N3O2. The number of urea groups is 1. The van der Waals surface area contributed by atoms with Gasteiger partial charge in [-0.2, -0.15) is 0 Å². The third kappa shape index (κ3) is 3.10. The van der Waals surface area contributed by atoms with Gasteiger partial charge in [-0.05, 0) is 35.7 Å². The first kappa shape index (κ1) is 14.9. The molecule has 22 heavy (non-hydrogen) atoms. The number of amides is 2. The van der Waals surface area contributed by atoms with Crippen molar-refractivity contribution in [3.63, 3.8) is 0 Å². The number of hydrogen-bond donors (Lipinski definition) is 2. The van der Waals surface area contributed by atoms with E-state index >= 15 is 0 Å². The second-order valence-electron chi connectivity index (χ2n) is 5.08. The Morgan fingerprint density at radius 1 is 1.18 bits per heavy atom. The summed E-state index contributed by atoms with van der Waals surface area (Å²) in [6, 6.07) is 6.22. The lowest BCUT2D eigenvalue weighted by atomic mass is 10.0. The number of H-pyrrole nitrogens is 1. The zero-order valence-corrected chi connectivity index (χ0v) is 13.0. The van der Waals surface area contributed by atoms with E-state index in [1.54, 1.807) is 29.3 Å². The first-order valence-corrected chi connectivity index (χ1v) is 7.50.